The standard InChI is InChI=1S/C22H24Cl2N2O3/c1-21(2,3)15-10-18(22(4,5)6)26-20(14(15)11-25)29-19(27)12-28-17-8-7-13(23)9-16(17)24/h7-10H,12H2,1-6H3. The van der Waals surface area contributed by atoms with Gasteiger partial charge in [-0.15, -0.1) is 0 Å². The van der Waals surface area contributed by atoms with Gasteiger partial charge in [-0.1, -0.05) is 64.7 Å². The van der Waals surface area contributed by atoms with Crippen LogP contribution in [0.4, 0.5) is 0 Å². The van der Waals surface area contributed by atoms with Gasteiger partial charge in [0.25, 0.3) is 0 Å². The minimum Gasteiger partial charge on any atom is -0.480 e. The van der Waals surface area contributed by atoms with Crippen molar-refractivity contribution in [1.29, 1.82) is 5.26 Å². The number of rotatable bonds is 4. The fourth-order valence-corrected chi connectivity index (χ4v) is 3.01. The van der Waals surface area contributed by atoms with E-state index in [1.54, 1.807) is 12.1 Å². The van der Waals surface area contributed by atoms with Gasteiger partial charge in [-0.2, -0.15) is 5.26 Å². The van der Waals surface area contributed by atoms with Crippen LogP contribution in [0, 0.1) is 11.3 Å². The molecule has 0 N–H and O–H groups in total. The molecule has 5 nitrogen and oxygen atoms in total. The second kappa shape index (κ2) is 8.61. The van der Waals surface area contributed by atoms with E-state index in [0.717, 1.165) is 11.3 Å². The molecule has 1 heterocycles. The average Bonchev–Trinajstić information content (AvgIpc) is 2.58. The van der Waals surface area contributed by atoms with Crippen LogP contribution >= 0.6 is 23.2 Å². The maximum atomic E-state index is 12.4. The van der Waals surface area contributed by atoms with E-state index in [1.165, 1.54) is 6.07 Å². The monoisotopic (exact) mass is 434 g/mol. The molecule has 0 radical (unpaired) electrons. The highest BCUT2D eigenvalue weighted by atomic mass is 35.5. The summed E-state index contributed by atoms with van der Waals surface area (Å²) in [6.45, 7) is 11.6. The summed E-state index contributed by atoms with van der Waals surface area (Å²) < 4.78 is 10.8. The Morgan fingerprint density at radius 3 is 2.28 bits per heavy atom. The summed E-state index contributed by atoms with van der Waals surface area (Å²) in [6, 6.07) is 8.71. The van der Waals surface area contributed by atoms with Crippen LogP contribution in [0.15, 0.2) is 24.3 Å². The van der Waals surface area contributed by atoms with Gasteiger partial charge in [-0.3, -0.25) is 0 Å². The minimum absolute atomic E-state index is 0.0133. The quantitative estimate of drug-likeness (QED) is 0.565. The van der Waals surface area contributed by atoms with Gasteiger partial charge in [0.05, 0.1) is 10.7 Å². The number of aromatic nitrogens is 1. The molecule has 154 valence electrons. The molecular weight excluding hydrogens is 411 g/mol. The molecule has 7 heteroatoms. The van der Waals surface area contributed by atoms with Crippen LogP contribution in [0.2, 0.25) is 10.0 Å². The number of esters is 1. The van der Waals surface area contributed by atoms with Crippen molar-refractivity contribution in [2.75, 3.05) is 6.61 Å². The van der Waals surface area contributed by atoms with E-state index in [-0.39, 0.29) is 27.3 Å². The second-order valence-corrected chi connectivity index (χ2v) is 9.53. The molecule has 0 atom stereocenters. The molecule has 0 amide bonds. The number of benzene rings is 1. The van der Waals surface area contributed by atoms with Crippen molar-refractivity contribution in [3.63, 3.8) is 0 Å². The lowest BCUT2D eigenvalue weighted by Crippen LogP contribution is -2.23. The molecule has 0 aliphatic rings. The molecule has 0 fully saturated rings. The Bertz CT molecular complexity index is 968. The normalized spacial score (nSPS) is 11.7. The van der Waals surface area contributed by atoms with Crippen LogP contribution in [0.5, 0.6) is 11.6 Å². The molecule has 0 unspecified atom stereocenters. The maximum absolute atomic E-state index is 12.4. The lowest BCUT2D eigenvalue weighted by molar-refractivity contribution is -0.136. The van der Waals surface area contributed by atoms with Crippen molar-refractivity contribution < 1.29 is 14.3 Å². The molecule has 0 saturated carbocycles. The Balaban J connectivity index is 2.33. The average molecular weight is 435 g/mol. The van der Waals surface area contributed by atoms with Gasteiger partial charge < -0.3 is 9.47 Å². The first-order valence-corrected chi connectivity index (χ1v) is 9.83. The molecule has 0 aliphatic heterocycles. The Kier molecular flexibility index (Phi) is 6.82. The summed E-state index contributed by atoms with van der Waals surface area (Å²) in [5.74, 6) is -0.396. The third kappa shape index (κ3) is 5.85. The maximum Gasteiger partial charge on any atom is 0.350 e. The number of carbonyl (C=O) groups is 1. The number of nitrogens with zero attached hydrogens (tertiary/aromatic N) is 2. The van der Waals surface area contributed by atoms with Gasteiger partial charge in [0, 0.05) is 10.4 Å². The SMILES string of the molecule is CC(C)(C)c1cc(C(C)(C)C)c(C#N)c(OC(=O)COc2ccc(Cl)cc2Cl)n1. The number of hydrogen-bond acceptors (Lipinski definition) is 5. The summed E-state index contributed by atoms with van der Waals surface area (Å²) >= 11 is 11.9. The van der Waals surface area contributed by atoms with E-state index in [2.05, 4.69) is 11.1 Å². The summed E-state index contributed by atoms with van der Waals surface area (Å²) in [5, 5.41) is 10.4. The first-order chi connectivity index (χ1) is 13.3. The Morgan fingerprint density at radius 2 is 1.76 bits per heavy atom. The van der Waals surface area contributed by atoms with Crippen molar-refractivity contribution in [2.24, 2.45) is 0 Å². The van der Waals surface area contributed by atoms with Crippen LogP contribution in [-0.2, 0) is 15.6 Å². The van der Waals surface area contributed by atoms with E-state index in [4.69, 9.17) is 32.7 Å². The summed E-state index contributed by atoms with van der Waals surface area (Å²) in [7, 11) is 0. The highest BCUT2D eigenvalue weighted by Crippen LogP contribution is 2.34. The van der Waals surface area contributed by atoms with Crippen molar-refractivity contribution >= 4 is 29.2 Å². The summed E-state index contributed by atoms with van der Waals surface area (Å²) in [5.41, 5.74) is 1.11. The molecule has 0 saturated heterocycles. The summed E-state index contributed by atoms with van der Waals surface area (Å²) in [4.78, 5) is 16.8. The zero-order valence-electron chi connectivity index (χ0n) is 17.4. The van der Waals surface area contributed by atoms with Crippen LogP contribution in [0.25, 0.3) is 0 Å². The predicted molar refractivity (Wildman–Crippen MR) is 114 cm³/mol. The number of ether oxygens (including phenoxy) is 2. The molecule has 2 rings (SSSR count). The number of hydrogen-bond donors (Lipinski definition) is 0. The first-order valence-electron chi connectivity index (χ1n) is 9.07. The lowest BCUT2D eigenvalue weighted by Gasteiger charge is -2.26. The lowest BCUT2D eigenvalue weighted by atomic mass is 9.81. The summed E-state index contributed by atoms with van der Waals surface area (Å²) in [6.07, 6.45) is 0. The topological polar surface area (TPSA) is 72.2 Å². The largest absolute Gasteiger partial charge is 0.480 e. The zero-order chi connectivity index (χ0) is 22.0. The molecule has 29 heavy (non-hydrogen) atoms. The number of nitriles is 1. The molecule has 2 aromatic rings. The van der Waals surface area contributed by atoms with Gasteiger partial charge in [0.2, 0.25) is 5.88 Å². The fourth-order valence-electron chi connectivity index (χ4n) is 2.55. The van der Waals surface area contributed by atoms with Gasteiger partial charge >= 0.3 is 5.97 Å². The third-order valence-corrected chi connectivity index (χ3v) is 4.65. The number of carbonyl (C=O) groups excluding carboxylic acids is 1. The highest BCUT2D eigenvalue weighted by molar-refractivity contribution is 6.35. The predicted octanol–water partition coefficient (Wildman–Crippen LogP) is 5.84. The zero-order valence-corrected chi connectivity index (χ0v) is 18.9. The van der Waals surface area contributed by atoms with E-state index < -0.39 is 12.6 Å². The van der Waals surface area contributed by atoms with Crippen molar-refractivity contribution in [3.05, 3.63) is 51.1 Å². The first kappa shape index (κ1) is 23.0. The van der Waals surface area contributed by atoms with Crippen LogP contribution < -0.4 is 9.47 Å². The fraction of sp³-hybridized carbons (Fsp3) is 0.409. The molecule has 0 spiro atoms. The number of pyridine rings is 1. The van der Waals surface area contributed by atoms with E-state index >= 15 is 0 Å². The van der Waals surface area contributed by atoms with Crippen LogP contribution in [-0.4, -0.2) is 17.6 Å². The highest BCUT2D eigenvalue weighted by Gasteiger charge is 2.28. The smallest absolute Gasteiger partial charge is 0.350 e. The molecule has 1 aromatic heterocycles. The minimum atomic E-state index is -0.689. The van der Waals surface area contributed by atoms with Gasteiger partial charge in [-0.25, -0.2) is 9.78 Å². The van der Waals surface area contributed by atoms with Gasteiger partial charge in [0.15, 0.2) is 6.61 Å². The van der Waals surface area contributed by atoms with E-state index in [9.17, 15) is 10.1 Å². The van der Waals surface area contributed by atoms with Crippen molar-refractivity contribution in [1.82, 2.24) is 4.98 Å². The molecule has 1 aromatic carbocycles. The van der Waals surface area contributed by atoms with Crippen LogP contribution in [0.1, 0.15) is 58.4 Å². The van der Waals surface area contributed by atoms with Gasteiger partial charge in [-0.05, 0) is 35.2 Å². The molecular formula is C22H24Cl2N2O3. The van der Waals surface area contributed by atoms with Crippen LogP contribution in [0.3, 0.4) is 0 Å². The van der Waals surface area contributed by atoms with E-state index in [1.807, 2.05) is 47.6 Å². The molecule has 0 bridgehead atoms. The van der Waals surface area contributed by atoms with Crippen molar-refractivity contribution in [3.8, 4) is 17.7 Å². The third-order valence-electron chi connectivity index (χ3n) is 4.12. The number of halogens is 2. The Morgan fingerprint density at radius 1 is 1.10 bits per heavy atom. The van der Waals surface area contributed by atoms with Gasteiger partial charge in [0.1, 0.15) is 17.4 Å². The van der Waals surface area contributed by atoms with Crippen molar-refractivity contribution in [2.45, 2.75) is 52.4 Å². The van der Waals surface area contributed by atoms with E-state index in [0.29, 0.717) is 10.8 Å². The second-order valence-electron chi connectivity index (χ2n) is 8.68. The Labute approximate surface area is 181 Å². The molecule has 0 aliphatic carbocycles. The Hall–Kier alpha value is -2.29.